The molecule has 1 aromatic heterocycles. The topological polar surface area (TPSA) is 16.1 Å². The van der Waals surface area contributed by atoms with Gasteiger partial charge in [-0.15, -0.1) is 0 Å². The number of aromatic nitrogens is 1. The van der Waals surface area contributed by atoms with E-state index in [0.29, 0.717) is 12.2 Å². The van der Waals surface area contributed by atoms with Gasteiger partial charge in [0, 0.05) is 18.4 Å². The van der Waals surface area contributed by atoms with Crippen LogP contribution in [0.15, 0.2) is 30.5 Å². The molecule has 92 valence electrons. The lowest BCUT2D eigenvalue weighted by Gasteiger charge is -2.18. The van der Waals surface area contributed by atoms with Crippen molar-refractivity contribution in [3.05, 3.63) is 52.7 Å². The Hall–Kier alpha value is -1.68. The summed E-state index contributed by atoms with van der Waals surface area (Å²) in [5, 5.41) is 0.245. The Labute approximate surface area is 108 Å². The molecule has 0 atom stereocenters. The molecule has 0 radical (unpaired) electrons. The summed E-state index contributed by atoms with van der Waals surface area (Å²) in [6.45, 7) is 0.588. The van der Waals surface area contributed by atoms with E-state index in [1.165, 1.54) is 24.4 Å². The number of rotatable bonds is 1. The fourth-order valence-corrected chi connectivity index (χ4v) is 2.32. The van der Waals surface area contributed by atoms with Gasteiger partial charge < -0.3 is 4.90 Å². The van der Waals surface area contributed by atoms with Crippen molar-refractivity contribution in [2.75, 3.05) is 11.4 Å². The molecule has 0 unspecified atom stereocenters. The molecule has 2 nitrogen and oxygen atoms in total. The number of nitrogens with zero attached hydrogens (tertiary/aromatic N) is 2. The Balaban J connectivity index is 2.08. The zero-order valence-electron chi connectivity index (χ0n) is 9.33. The van der Waals surface area contributed by atoms with Gasteiger partial charge in [0.15, 0.2) is 11.6 Å². The summed E-state index contributed by atoms with van der Waals surface area (Å²) in [4.78, 5) is 5.66. The summed E-state index contributed by atoms with van der Waals surface area (Å²) in [6, 6.07) is 5.74. The fraction of sp³-hybridized carbons (Fsp3) is 0.154. The zero-order chi connectivity index (χ0) is 12.7. The highest BCUT2D eigenvalue weighted by atomic mass is 35.5. The first-order valence-electron chi connectivity index (χ1n) is 5.52. The summed E-state index contributed by atoms with van der Waals surface area (Å²) in [7, 11) is 0. The molecule has 0 saturated heterocycles. The molecular weight excluding hydrogens is 258 g/mol. The highest BCUT2D eigenvalue weighted by Gasteiger charge is 2.24. The summed E-state index contributed by atoms with van der Waals surface area (Å²) < 4.78 is 27.1. The highest BCUT2D eigenvalue weighted by Crippen LogP contribution is 2.35. The number of benzene rings is 1. The van der Waals surface area contributed by atoms with Crippen molar-refractivity contribution in [3.63, 3.8) is 0 Å². The Morgan fingerprint density at radius 1 is 1.22 bits per heavy atom. The lowest BCUT2D eigenvalue weighted by atomic mass is 10.2. The van der Waals surface area contributed by atoms with E-state index in [1.54, 1.807) is 11.0 Å². The summed E-state index contributed by atoms with van der Waals surface area (Å²) >= 11 is 5.67. The zero-order valence-corrected chi connectivity index (χ0v) is 10.1. The van der Waals surface area contributed by atoms with Crippen molar-refractivity contribution in [1.82, 2.24) is 4.98 Å². The smallest absolute Gasteiger partial charge is 0.169 e. The van der Waals surface area contributed by atoms with Crippen LogP contribution in [-0.4, -0.2) is 11.5 Å². The molecule has 1 aromatic carbocycles. The van der Waals surface area contributed by atoms with Crippen molar-refractivity contribution in [2.24, 2.45) is 0 Å². The molecule has 2 aromatic rings. The summed E-state index contributed by atoms with van der Waals surface area (Å²) in [6.07, 6.45) is 2.14. The van der Waals surface area contributed by atoms with Crippen LogP contribution in [0, 0.1) is 11.6 Å². The molecular formula is C13H9ClF2N2. The first-order valence-corrected chi connectivity index (χ1v) is 5.90. The van der Waals surface area contributed by atoms with E-state index in [0.717, 1.165) is 12.0 Å². The third-order valence-corrected chi connectivity index (χ3v) is 3.19. The van der Waals surface area contributed by atoms with Gasteiger partial charge >= 0.3 is 0 Å². The molecule has 0 amide bonds. The van der Waals surface area contributed by atoms with E-state index >= 15 is 0 Å². The quantitative estimate of drug-likeness (QED) is 0.782. The maximum absolute atomic E-state index is 13.8. The second-order valence-electron chi connectivity index (χ2n) is 4.13. The van der Waals surface area contributed by atoms with E-state index in [1.807, 2.05) is 0 Å². The standard InChI is InChI=1S/C13H9ClF2N2/c14-9-5-11(16)13(17-7-9)18-4-3-8-1-2-10(15)6-12(8)18/h1-2,5-7H,3-4H2. The van der Waals surface area contributed by atoms with Crippen LogP contribution >= 0.6 is 11.6 Å². The maximum atomic E-state index is 13.8. The normalized spacial score (nSPS) is 13.8. The van der Waals surface area contributed by atoms with E-state index in [4.69, 9.17) is 11.6 Å². The summed E-state index contributed by atoms with van der Waals surface area (Å²) in [5.74, 6) is -0.654. The molecule has 0 aliphatic carbocycles. The van der Waals surface area contributed by atoms with Crippen molar-refractivity contribution in [2.45, 2.75) is 6.42 Å². The molecule has 0 fully saturated rings. The molecule has 1 aliphatic heterocycles. The number of hydrogen-bond donors (Lipinski definition) is 0. The Morgan fingerprint density at radius 3 is 2.83 bits per heavy atom. The van der Waals surface area contributed by atoms with Gasteiger partial charge in [-0.25, -0.2) is 13.8 Å². The predicted octanol–water partition coefficient (Wildman–Crippen LogP) is 3.71. The molecule has 0 bridgehead atoms. The van der Waals surface area contributed by atoms with Crippen LogP contribution in [0.4, 0.5) is 20.3 Å². The average Bonchev–Trinajstić information content (AvgIpc) is 2.72. The minimum Gasteiger partial charge on any atom is -0.323 e. The molecule has 18 heavy (non-hydrogen) atoms. The SMILES string of the molecule is Fc1ccc2c(c1)N(c1ncc(Cl)cc1F)CC2. The minimum absolute atomic E-state index is 0.184. The number of halogens is 3. The molecule has 0 N–H and O–H groups in total. The Morgan fingerprint density at radius 2 is 2.06 bits per heavy atom. The monoisotopic (exact) mass is 266 g/mol. The lowest BCUT2D eigenvalue weighted by Crippen LogP contribution is -2.16. The summed E-state index contributed by atoms with van der Waals surface area (Å²) in [5.41, 5.74) is 1.66. The fourth-order valence-electron chi connectivity index (χ4n) is 2.18. The largest absolute Gasteiger partial charge is 0.323 e. The highest BCUT2D eigenvalue weighted by molar-refractivity contribution is 6.30. The van der Waals surface area contributed by atoms with Gasteiger partial charge in [0.1, 0.15) is 5.82 Å². The van der Waals surface area contributed by atoms with Crippen LogP contribution in [0.3, 0.4) is 0 Å². The van der Waals surface area contributed by atoms with Crippen molar-refractivity contribution >= 4 is 23.1 Å². The van der Waals surface area contributed by atoms with Crippen LogP contribution in [0.25, 0.3) is 0 Å². The van der Waals surface area contributed by atoms with Crippen molar-refractivity contribution < 1.29 is 8.78 Å². The number of hydrogen-bond acceptors (Lipinski definition) is 2. The second-order valence-corrected chi connectivity index (χ2v) is 4.57. The van der Waals surface area contributed by atoms with Gasteiger partial charge in [-0.3, -0.25) is 0 Å². The third kappa shape index (κ3) is 1.82. The molecule has 3 rings (SSSR count). The molecule has 5 heteroatoms. The van der Waals surface area contributed by atoms with E-state index in [-0.39, 0.29) is 16.7 Å². The van der Waals surface area contributed by atoms with Crippen LogP contribution in [-0.2, 0) is 6.42 Å². The van der Waals surface area contributed by atoms with Crippen LogP contribution in [0.2, 0.25) is 5.02 Å². The predicted molar refractivity (Wildman–Crippen MR) is 66.3 cm³/mol. The maximum Gasteiger partial charge on any atom is 0.169 e. The van der Waals surface area contributed by atoms with E-state index in [9.17, 15) is 8.78 Å². The minimum atomic E-state index is -0.500. The molecule has 0 spiro atoms. The van der Waals surface area contributed by atoms with Gasteiger partial charge in [0.25, 0.3) is 0 Å². The van der Waals surface area contributed by atoms with Crippen LogP contribution in [0.5, 0.6) is 0 Å². The first-order chi connectivity index (χ1) is 8.65. The number of anilines is 2. The molecule has 1 aliphatic rings. The molecule has 0 saturated carbocycles. The number of fused-ring (bicyclic) bond motifs is 1. The molecule has 2 heterocycles. The lowest BCUT2D eigenvalue weighted by molar-refractivity contribution is 0.618. The first kappa shape index (κ1) is 11.4. The second kappa shape index (κ2) is 4.21. The average molecular weight is 267 g/mol. The van der Waals surface area contributed by atoms with Gasteiger partial charge in [-0.1, -0.05) is 17.7 Å². The van der Waals surface area contributed by atoms with E-state index in [2.05, 4.69) is 4.98 Å². The van der Waals surface area contributed by atoms with E-state index < -0.39 is 5.82 Å². The van der Waals surface area contributed by atoms with Crippen LogP contribution in [0.1, 0.15) is 5.56 Å². The van der Waals surface area contributed by atoms with Gasteiger partial charge in [-0.2, -0.15) is 0 Å². The number of pyridine rings is 1. The van der Waals surface area contributed by atoms with Crippen molar-refractivity contribution in [3.8, 4) is 0 Å². The van der Waals surface area contributed by atoms with Gasteiger partial charge in [0.05, 0.1) is 5.02 Å². The van der Waals surface area contributed by atoms with Gasteiger partial charge in [-0.05, 0) is 30.2 Å². The van der Waals surface area contributed by atoms with Gasteiger partial charge in [0.2, 0.25) is 0 Å². The Bertz CT molecular complexity index is 616. The van der Waals surface area contributed by atoms with Crippen molar-refractivity contribution in [1.29, 1.82) is 0 Å². The van der Waals surface area contributed by atoms with Crippen LogP contribution < -0.4 is 4.90 Å². The third-order valence-electron chi connectivity index (χ3n) is 2.99. The Kier molecular flexibility index (Phi) is 2.67.